The molecule has 0 amide bonds. The molecule has 2 atom stereocenters. The van der Waals surface area contributed by atoms with Crippen molar-refractivity contribution in [2.75, 3.05) is 24.6 Å². The molecule has 18 heavy (non-hydrogen) atoms. The minimum Gasteiger partial charge on any atom is -0.396 e. The monoisotopic (exact) mass is 250 g/mol. The van der Waals surface area contributed by atoms with E-state index in [9.17, 15) is 5.11 Å². The number of nitrogens with zero attached hydrogens (tertiary/aromatic N) is 2. The summed E-state index contributed by atoms with van der Waals surface area (Å²) >= 11 is 0. The van der Waals surface area contributed by atoms with Crippen molar-refractivity contribution in [3.8, 4) is 0 Å². The minimum atomic E-state index is -0.512. The quantitative estimate of drug-likeness (QED) is 0.854. The molecule has 1 aromatic rings. The molecule has 0 radical (unpaired) electrons. The maximum atomic E-state index is 9.43. The largest absolute Gasteiger partial charge is 0.396 e. The van der Waals surface area contributed by atoms with Crippen molar-refractivity contribution in [1.29, 1.82) is 0 Å². The van der Waals surface area contributed by atoms with Crippen LogP contribution in [0.4, 0.5) is 5.69 Å². The molecule has 1 aliphatic rings. The Labute approximate surface area is 108 Å². The van der Waals surface area contributed by atoms with Crippen LogP contribution in [0, 0.1) is 5.92 Å². The molecule has 0 spiro atoms. The van der Waals surface area contributed by atoms with Gasteiger partial charge >= 0.3 is 0 Å². The number of aromatic nitrogens is 1. The highest BCUT2D eigenvalue weighted by atomic mass is 16.3. The molecular weight excluding hydrogens is 228 g/mol. The van der Waals surface area contributed by atoms with Gasteiger partial charge in [-0.1, -0.05) is 0 Å². The molecule has 4 nitrogen and oxygen atoms in total. The molecule has 0 aromatic carbocycles. The number of hydrogen-bond acceptors (Lipinski definition) is 4. The highest BCUT2D eigenvalue weighted by Gasteiger charge is 2.19. The molecule has 1 fully saturated rings. The van der Waals surface area contributed by atoms with E-state index in [0.29, 0.717) is 11.6 Å². The van der Waals surface area contributed by atoms with Gasteiger partial charge in [-0.3, -0.25) is 4.98 Å². The van der Waals surface area contributed by atoms with E-state index in [1.165, 1.54) is 12.8 Å². The van der Waals surface area contributed by atoms with Crippen LogP contribution in [0.1, 0.15) is 38.0 Å². The lowest BCUT2D eigenvalue weighted by atomic mass is 9.95. The highest BCUT2D eigenvalue weighted by Crippen LogP contribution is 2.25. The number of pyridine rings is 1. The number of aliphatic hydroxyl groups excluding tert-OH is 2. The Bertz CT molecular complexity index is 363. The Balaban J connectivity index is 2.02. The molecule has 100 valence electrons. The number of aliphatic hydroxyl groups is 2. The third-order valence-electron chi connectivity index (χ3n) is 3.62. The molecule has 0 saturated carbocycles. The van der Waals surface area contributed by atoms with E-state index in [-0.39, 0.29) is 6.61 Å². The van der Waals surface area contributed by atoms with Crippen molar-refractivity contribution in [1.82, 2.24) is 4.98 Å². The van der Waals surface area contributed by atoms with Gasteiger partial charge in [0.15, 0.2) is 0 Å². The summed E-state index contributed by atoms with van der Waals surface area (Å²) in [6, 6.07) is 3.91. The molecule has 4 heteroatoms. The van der Waals surface area contributed by atoms with Gasteiger partial charge in [0, 0.05) is 19.7 Å². The minimum absolute atomic E-state index is 0.276. The summed E-state index contributed by atoms with van der Waals surface area (Å²) in [4.78, 5) is 6.61. The van der Waals surface area contributed by atoms with Crippen LogP contribution in [0.25, 0.3) is 0 Å². The van der Waals surface area contributed by atoms with Crippen LogP contribution < -0.4 is 4.90 Å². The third kappa shape index (κ3) is 3.21. The number of piperidine rings is 1. The van der Waals surface area contributed by atoms with Crippen molar-refractivity contribution in [2.24, 2.45) is 5.92 Å². The molecule has 1 saturated heterocycles. The fourth-order valence-corrected chi connectivity index (χ4v) is 2.55. The van der Waals surface area contributed by atoms with Crippen molar-refractivity contribution in [3.05, 3.63) is 24.0 Å². The standard InChI is InChI=1S/C14H22N2O2/c1-11(18)14-5-4-13(9-15-14)16-7-2-3-12(10-16)6-8-17/h4-5,9,11-12,17-18H,2-3,6-8,10H2,1H3/t11-,12?/m1/s1. The van der Waals surface area contributed by atoms with Crippen LogP contribution in [0.3, 0.4) is 0 Å². The molecule has 0 aliphatic carbocycles. The smallest absolute Gasteiger partial charge is 0.0931 e. The van der Waals surface area contributed by atoms with Gasteiger partial charge in [-0.2, -0.15) is 0 Å². The second kappa shape index (κ2) is 6.16. The van der Waals surface area contributed by atoms with Crippen molar-refractivity contribution >= 4 is 5.69 Å². The van der Waals surface area contributed by atoms with E-state index < -0.39 is 6.10 Å². The van der Waals surface area contributed by atoms with Crippen LogP contribution in [0.2, 0.25) is 0 Å². The first-order valence-corrected chi connectivity index (χ1v) is 6.70. The van der Waals surface area contributed by atoms with Crippen LogP contribution in [0.5, 0.6) is 0 Å². The predicted molar refractivity (Wildman–Crippen MR) is 71.5 cm³/mol. The molecule has 1 aromatic heterocycles. The Kier molecular flexibility index (Phi) is 4.55. The zero-order chi connectivity index (χ0) is 13.0. The van der Waals surface area contributed by atoms with Crippen molar-refractivity contribution in [3.63, 3.8) is 0 Å². The maximum absolute atomic E-state index is 9.43. The van der Waals surface area contributed by atoms with Gasteiger partial charge in [-0.25, -0.2) is 0 Å². The molecular formula is C14H22N2O2. The first-order chi connectivity index (χ1) is 8.70. The van der Waals surface area contributed by atoms with Crippen LogP contribution in [0.15, 0.2) is 18.3 Å². The lowest BCUT2D eigenvalue weighted by Crippen LogP contribution is -2.35. The number of anilines is 1. The van der Waals surface area contributed by atoms with Crippen LogP contribution >= 0.6 is 0 Å². The van der Waals surface area contributed by atoms with Crippen LogP contribution in [-0.2, 0) is 0 Å². The van der Waals surface area contributed by atoms with Gasteiger partial charge < -0.3 is 15.1 Å². The summed E-state index contributed by atoms with van der Waals surface area (Å²) < 4.78 is 0. The second-order valence-electron chi connectivity index (χ2n) is 5.08. The number of hydrogen-bond donors (Lipinski definition) is 2. The maximum Gasteiger partial charge on any atom is 0.0931 e. The van der Waals surface area contributed by atoms with E-state index in [1.54, 1.807) is 6.92 Å². The van der Waals surface area contributed by atoms with E-state index in [2.05, 4.69) is 9.88 Å². The molecule has 2 N–H and O–H groups in total. The predicted octanol–water partition coefficient (Wildman–Crippen LogP) is 1.73. The summed E-state index contributed by atoms with van der Waals surface area (Å²) in [5.74, 6) is 0.584. The van der Waals surface area contributed by atoms with E-state index in [4.69, 9.17) is 5.11 Å². The van der Waals surface area contributed by atoms with Gasteiger partial charge in [-0.05, 0) is 44.2 Å². The lowest BCUT2D eigenvalue weighted by molar-refractivity contribution is 0.194. The van der Waals surface area contributed by atoms with Gasteiger partial charge in [-0.15, -0.1) is 0 Å². The Morgan fingerprint density at radius 3 is 2.94 bits per heavy atom. The fourth-order valence-electron chi connectivity index (χ4n) is 2.55. The van der Waals surface area contributed by atoms with Gasteiger partial charge in [0.2, 0.25) is 0 Å². The Hall–Kier alpha value is -1.13. The first kappa shape index (κ1) is 13.3. The van der Waals surface area contributed by atoms with Crippen LogP contribution in [-0.4, -0.2) is 34.9 Å². The highest BCUT2D eigenvalue weighted by molar-refractivity contribution is 5.45. The summed E-state index contributed by atoms with van der Waals surface area (Å²) in [6.07, 6.45) is 4.58. The summed E-state index contributed by atoms with van der Waals surface area (Å²) in [5, 5.41) is 18.4. The Morgan fingerprint density at radius 1 is 1.50 bits per heavy atom. The molecule has 2 rings (SSSR count). The first-order valence-electron chi connectivity index (χ1n) is 6.70. The van der Waals surface area contributed by atoms with Gasteiger partial charge in [0.05, 0.1) is 23.7 Å². The summed E-state index contributed by atoms with van der Waals surface area (Å²) in [5.41, 5.74) is 1.82. The second-order valence-corrected chi connectivity index (χ2v) is 5.08. The molecule has 0 bridgehead atoms. The van der Waals surface area contributed by atoms with E-state index >= 15 is 0 Å². The SMILES string of the molecule is C[C@@H](O)c1ccc(N2CCCC(CCO)C2)cn1. The van der Waals surface area contributed by atoms with E-state index in [0.717, 1.165) is 25.2 Å². The van der Waals surface area contributed by atoms with Crippen molar-refractivity contribution in [2.45, 2.75) is 32.3 Å². The Morgan fingerprint density at radius 2 is 2.33 bits per heavy atom. The van der Waals surface area contributed by atoms with Gasteiger partial charge in [0.25, 0.3) is 0 Å². The van der Waals surface area contributed by atoms with Crippen molar-refractivity contribution < 1.29 is 10.2 Å². The summed E-state index contributed by atoms with van der Waals surface area (Å²) in [6.45, 7) is 4.05. The zero-order valence-electron chi connectivity index (χ0n) is 10.9. The van der Waals surface area contributed by atoms with E-state index in [1.807, 2.05) is 18.3 Å². The van der Waals surface area contributed by atoms with Gasteiger partial charge in [0.1, 0.15) is 0 Å². The topological polar surface area (TPSA) is 56.6 Å². The molecule has 1 unspecified atom stereocenters. The molecule has 1 aliphatic heterocycles. The lowest BCUT2D eigenvalue weighted by Gasteiger charge is -2.34. The average molecular weight is 250 g/mol. The zero-order valence-corrected chi connectivity index (χ0v) is 10.9. The summed E-state index contributed by atoms with van der Waals surface area (Å²) in [7, 11) is 0. The average Bonchev–Trinajstić information content (AvgIpc) is 2.39. The third-order valence-corrected chi connectivity index (χ3v) is 3.62. The molecule has 2 heterocycles. The normalized spacial score (nSPS) is 21.9. The number of rotatable bonds is 4. The fraction of sp³-hybridized carbons (Fsp3) is 0.643.